The lowest BCUT2D eigenvalue weighted by Gasteiger charge is -2.31. The van der Waals surface area contributed by atoms with Gasteiger partial charge < -0.3 is 15.7 Å². The van der Waals surface area contributed by atoms with E-state index in [0.29, 0.717) is 23.3 Å². The molecule has 0 aliphatic rings. The summed E-state index contributed by atoms with van der Waals surface area (Å²) in [5, 5.41) is 9.18. The number of nitrogens with zero attached hydrogens (tertiary/aromatic N) is 2. The second kappa shape index (κ2) is 7.28. The average Bonchev–Trinajstić information content (AvgIpc) is 2.39. The van der Waals surface area contributed by atoms with Gasteiger partial charge in [0, 0.05) is 12.6 Å². The third-order valence-electron chi connectivity index (χ3n) is 3.06. The molecule has 0 fully saturated rings. The average molecular weight is 267 g/mol. The number of hydrogen-bond acceptors (Lipinski definition) is 4. The summed E-state index contributed by atoms with van der Waals surface area (Å²) in [5.41, 5.74) is 7.15. The molecule has 1 rings (SSSR count). The minimum atomic E-state index is 0.132. The van der Waals surface area contributed by atoms with E-state index >= 15 is 0 Å². The van der Waals surface area contributed by atoms with Gasteiger partial charge in [0.2, 0.25) is 0 Å². The lowest BCUT2D eigenvalue weighted by Crippen LogP contribution is -2.36. The van der Waals surface area contributed by atoms with Crippen LogP contribution >= 0.6 is 12.2 Å². The lowest BCUT2D eigenvalue weighted by atomic mass is 10.1. The van der Waals surface area contributed by atoms with Gasteiger partial charge in [-0.3, -0.25) is 4.98 Å². The summed E-state index contributed by atoms with van der Waals surface area (Å²) < 4.78 is 0. The van der Waals surface area contributed by atoms with E-state index in [1.807, 2.05) is 12.1 Å². The van der Waals surface area contributed by atoms with Crippen molar-refractivity contribution in [1.29, 1.82) is 0 Å². The summed E-state index contributed by atoms with van der Waals surface area (Å²) >= 11 is 4.88. The third-order valence-corrected chi connectivity index (χ3v) is 3.27. The first kappa shape index (κ1) is 14.9. The SMILES string of the molecule is CCC(CC)N(CCO)c1ccc(C(N)=S)nc1. The molecule has 1 heterocycles. The molecule has 0 saturated heterocycles. The van der Waals surface area contributed by atoms with Gasteiger partial charge in [-0.05, 0) is 25.0 Å². The van der Waals surface area contributed by atoms with Crippen molar-refractivity contribution in [2.75, 3.05) is 18.1 Å². The van der Waals surface area contributed by atoms with E-state index in [-0.39, 0.29) is 6.61 Å². The normalized spacial score (nSPS) is 10.7. The highest BCUT2D eigenvalue weighted by Gasteiger charge is 2.15. The van der Waals surface area contributed by atoms with Crippen molar-refractivity contribution in [3.05, 3.63) is 24.0 Å². The highest BCUT2D eigenvalue weighted by atomic mass is 32.1. The Morgan fingerprint density at radius 1 is 1.44 bits per heavy atom. The molecule has 0 saturated carbocycles. The summed E-state index contributed by atoms with van der Waals surface area (Å²) in [4.78, 5) is 6.72. The Morgan fingerprint density at radius 2 is 2.11 bits per heavy atom. The highest BCUT2D eigenvalue weighted by Crippen LogP contribution is 2.19. The van der Waals surface area contributed by atoms with Crippen LogP contribution in [0.1, 0.15) is 32.4 Å². The van der Waals surface area contributed by atoms with Crippen molar-refractivity contribution >= 4 is 22.9 Å². The second-order valence-electron chi connectivity index (χ2n) is 4.15. The minimum Gasteiger partial charge on any atom is -0.395 e. The van der Waals surface area contributed by atoms with E-state index in [9.17, 15) is 5.11 Å². The first-order valence-corrected chi connectivity index (χ1v) is 6.68. The number of aliphatic hydroxyl groups is 1. The maximum Gasteiger partial charge on any atom is 0.122 e. The number of anilines is 1. The molecule has 0 atom stereocenters. The molecule has 100 valence electrons. The molecule has 0 spiro atoms. The van der Waals surface area contributed by atoms with Gasteiger partial charge in [0.15, 0.2) is 0 Å². The number of nitrogens with two attached hydrogens (primary N) is 1. The molecular weight excluding hydrogens is 246 g/mol. The summed E-state index contributed by atoms with van der Waals surface area (Å²) in [6, 6.07) is 4.19. The summed E-state index contributed by atoms with van der Waals surface area (Å²) in [6.07, 6.45) is 3.84. The molecule has 1 aromatic rings. The number of pyridine rings is 1. The minimum absolute atomic E-state index is 0.132. The molecule has 1 aromatic heterocycles. The zero-order valence-electron chi connectivity index (χ0n) is 11.0. The Kier molecular flexibility index (Phi) is 6.01. The van der Waals surface area contributed by atoms with Crippen molar-refractivity contribution < 1.29 is 5.11 Å². The molecule has 0 amide bonds. The Balaban J connectivity index is 2.94. The fraction of sp³-hybridized carbons (Fsp3) is 0.538. The second-order valence-corrected chi connectivity index (χ2v) is 4.59. The van der Waals surface area contributed by atoms with Crippen LogP contribution in [0.25, 0.3) is 0 Å². The van der Waals surface area contributed by atoms with Crippen LogP contribution < -0.4 is 10.6 Å². The smallest absolute Gasteiger partial charge is 0.122 e. The zero-order valence-corrected chi connectivity index (χ0v) is 11.8. The van der Waals surface area contributed by atoms with Gasteiger partial charge in [-0.15, -0.1) is 0 Å². The van der Waals surface area contributed by atoms with Gasteiger partial charge in [0.1, 0.15) is 4.99 Å². The lowest BCUT2D eigenvalue weighted by molar-refractivity contribution is 0.296. The van der Waals surface area contributed by atoms with Crippen molar-refractivity contribution in [3.8, 4) is 0 Å². The van der Waals surface area contributed by atoms with Crippen LogP contribution in [-0.4, -0.2) is 34.3 Å². The molecule has 4 nitrogen and oxygen atoms in total. The molecule has 0 aromatic carbocycles. The zero-order chi connectivity index (χ0) is 13.5. The molecule has 5 heteroatoms. The van der Waals surface area contributed by atoms with Crippen LogP contribution in [0.2, 0.25) is 0 Å². The van der Waals surface area contributed by atoms with Crippen LogP contribution in [-0.2, 0) is 0 Å². The number of aliphatic hydroxyl groups excluding tert-OH is 1. The molecule has 0 aliphatic carbocycles. The van der Waals surface area contributed by atoms with Crippen molar-refractivity contribution in [1.82, 2.24) is 4.98 Å². The fourth-order valence-electron chi connectivity index (χ4n) is 2.06. The predicted octanol–water partition coefficient (Wildman–Crippen LogP) is 1.70. The summed E-state index contributed by atoms with van der Waals surface area (Å²) in [6.45, 7) is 5.04. The Bertz CT molecular complexity index is 376. The van der Waals surface area contributed by atoms with Gasteiger partial charge in [0.05, 0.1) is 24.2 Å². The van der Waals surface area contributed by atoms with Gasteiger partial charge in [-0.25, -0.2) is 0 Å². The molecule has 0 unspecified atom stereocenters. The number of hydrogen-bond donors (Lipinski definition) is 2. The van der Waals surface area contributed by atoms with Gasteiger partial charge in [-0.1, -0.05) is 26.1 Å². The van der Waals surface area contributed by atoms with Gasteiger partial charge in [0.25, 0.3) is 0 Å². The molecular formula is C13H21N3OS. The van der Waals surface area contributed by atoms with Gasteiger partial charge in [-0.2, -0.15) is 0 Å². The van der Waals surface area contributed by atoms with E-state index in [1.54, 1.807) is 6.20 Å². The molecule has 3 N–H and O–H groups in total. The Morgan fingerprint density at radius 3 is 2.50 bits per heavy atom. The van der Waals surface area contributed by atoms with Crippen LogP contribution in [0.3, 0.4) is 0 Å². The number of rotatable bonds is 7. The Hall–Kier alpha value is -1.20. The van der Waals surface area contributed by atoms with E-state index in [2.05, 4.69) is 23.7 Å². The predicted molar refractivity (Wildman–Crippen MR) is 78.9 cm³/mol. The fourth-order valence-corrected chi connectivity index (χ4v) is 2.18. The van der Waals surface area contributed by atoms with Crippen molar-refractivity contribution in [2.45, 2.75) is 32.7 Å². The summed E-state index contributed by atoms with van der Waals surface area (Å²) in [5.74, 6) is 0. The molecule has 0 radical (unpaired) electrons. The monoisotopic (exact) mass is 267 g/mol. The Labute approximate surface area is 114 Å². The van der Waals surface area contributed by atoms with Crippen LogP contribution in [0, 0.1) is 0 Å². The van der Waals surface area contributed by atoms with Crippen LogP contribution in [0.4, 0.5) is 5.69 Å². The summed E-state index contributed by atoms with van der Waals surface area (Å²) in [7, 11) is 0. The molecule has 0 aliphatic heterocycles. The van der Waals surface area contributed by atoms with Crippen LogP contribution in [0.15, 0.2) is 18.3 Å². The van der Waals surface area contributed by atoms with Crippen molar-refractivity contribution in [3.63, 3.8) is 0 Å². The van der Waals surface area contributed by atoms with Crippen molar-refractivity contribution in [2.24, 2.45) is 5.73 Å². The first-order valence-electron chi connectivity index (χ1n) is 6.27. The van der Waals surface area contributed by atoms with E-state index in [0.717, 1.165) is 18.5 Å². The van der Waals surface area contributed by atoms with E-state index < -0.39 is 0 Å². The first-order chi connectivity index (χ1) is 8.63. The molecule has 0 bridgehead atoms. The van der Waals surface area contributed by atoms with E-state index in [1.165, 1.54) is 0 Å². The topological polar surface area (TPSA) is 62.4 Å². The van der Waals surface area contributed by atoms with E-state index in [4.69, 9.17) is 18.0 Å². The number of aromatic nitrogens is 1. The quantitative estimate of drug-likeness (QED) is 0.736. The maximum atomic E-state index is 9.18. The maximum absolute atomic E-state index is 9.18. The molecule has 18 heavy (non-hydrogen) atoms. The standard InChI is InChI=1S/C13H21N3OS/c1-3-10(4-2)16(7-8-17)11-5-6-12(13(14)18)15-9-11/h5-6,9-10,17H,3-4,7-8H2,1-2H3,(H2,14,18). The van der Waals surface area contributed by atoms with Crippen LogP contribution in [0.5, 0.6) is 0 Å². The third kappa shape index (κ3) is 3.65. The number of thiocarbonyl (C=S) groups is 1. The van der Waals surface area contributed by atoms with Gasteiger partial charge >= 0.3 is 0 Å². The largest absolute Gasteiger partial charge is 0.395 e. The highest BCUT2D eigenvalue weighted by molar-refractivity contribution is 7.80.